The molecule has 2 nitrogen and oxygen atoms in total. The molecule has 0 spiro atoms. The Hall–Kier alpha value is -0.0800. The summed E-state index contributed by atoms with van der Waals surface area (Å²) in [7, 11) is 1.69. The van der Waals surface area contributed by atoms with Gasteiger partial charge in [-0.3, -0.25) is 0 Å². The third kappa shape index (κ3) is 3.28. The van der Waals surface area contributed by atoms with Gasteiger partial charge in [-0.1, -0.05) is 32.6 Å². The Morgan fingerprint density at radius 2 is 2.00 bits per heavy atom. The first kappa shape index (κ1) is 11.0. The van der Waals surface area contributed by atoms with Crippen LogP contribution in [0.25, 0.3) is 0 Å². The topological polar surface area (TPSA) is 29.5 Å². The largest absolute Gasteiger partial charge is 0.390 e. The lowest BCUT2D eigenvalue weighted by Crippen LogP contribution is -2.29. The lowest BCUT2D eigenvalue weighted by Gasteiger charge is -2.22. The minimum atomic E-state index is -0.252. The summed E-state index contributed by atoms with van der Waals surface area (Å²) in [5.74, 6) is 0.749. The Bertz CT molecular complexity index is 126. The number of aliphatic hydroxyl groups is 1. The predicted molar refractivity (Wildman–Crippen MR) is 53.7 cm³/mol. The number of hydrogen-bond acceptors (Lipinski definition) is 2. The molecule has 0 aromatic carbocycles. The average molecular weight is 186 g/mol. The minimum absolute atomic E-state index is 0.0422. The summed E-state index contributed by atoms with van der Waals surface area (Å²) >= 11 is 0. The molecule has 0 amide bonds. The fourth-order valence-electron chi connectivity index (χ4n) is 2.34. The highest BCUT2D eigenvalue weighted by molar-refractivity contribution is 4.75. The van der Waals surface area contributed by atoms with Gasteiger partial charge in [-0.05, 0) is 18.8 Å². The lowest BCUT2D eigenvalue weighted by atomic mass is 9.96. The van der Waals surface area contributed by atoms with Crippen LogP contribution < -0.4 is 0 Å². The van der Waals surface area contributed by atoms with Gasteiger partial charge in [0.25, 0.3) is 0 Å². The first-order valence-corrected chi connectivity index (χ1v) is 5.48. The Balaban J connectivity index is 2.25. The van der Waals surface area contributed by atoms with E-state index in [0.717, 1.165) is 18.8 Å². The summed E-state index contributed by atoms with van der Waals surface area (Å²) in [6, 6.07) is 0. The van der Waals surface area contributed by atoms with Crippen LogP contribution in [0.5, 0.6) is 0 Å². The average Bonchev–Trinajstić information content (AvgIpc) is 2.59. The zero-order valence-corrected chi connectivity index (χ0v) is 8.83. The van der Waals surface area contributed by atoms with E-state index < -0.39 is 0 Å². The molecular formula is C11H22O2. The van der Waals surface area contributed by atoms with Gasteiger partial charge in [-0.25, -0.2) is 0 Å². The number of rotatable bonds is 5. The minimum Gasteiger partial charge on any atom is -0.390 e. The highest BCUT2D eigenvalue weighted by Crippen LogP contribution is 2.29. The third-order valence-corrected chi connectivity index (χ3v) is 3.18. The molecule has 0 aromatic heterocycles. The third-order valence-electron chi connectivity index (χ3n) is 3.18. The van der Waals surface area contributed by atoms with Crippen LogP contribution in [0.4, 0.5) is 0 Å². The molecule has 1 fully saturated rings. The van der Waals surface area contributed by atoms with Crippen molar-refractivity contribution in [3.63, 3.8) is 0 Å². The van der Waals surface area contributed by atoms with Crippen LogP contribution >= 0.6 is 0 Å². The molecule has 1 N–H and O–H groups in total. The highest BCUT2D eigenvalue weighted by Gasteiger charge is 2.23. The normalized spacial score (nSPS) is 23.3. The Morgan fingerprint density at radius 3 is 2.46 bits per heavy atom. The van der Waals surface area contributed by atoms with E-state index in [-0.39, 0.29) is 12.2 Å². The van der Waals surface area contributed by atoms with E-state index in [9.17, 15) is 5.11 Å². The van der Waals surface area contributed by atoms with Crippen molar-refractivity contribution >= 4 is 0 Å². The van der Waals surface area contributed by atoms with Gasteiger partial charge in [0.2, 0.25) is 0 Å². The molecule has 0 heterocycles. The van der Waals surface area contributed by atoms with Gasteiger partial charge in [0.05, 0.1) is 12.2 Å². The van der Waals surface area contributed by atoms with Crippen molar-refractivity contribution in [3.05, 3.63) is 0 Å². The zero-order chi connectivity index (χ0) is 9.68. The Morgan fingerprint density at radius 1 is 1.38 bits per heavy atom. The molecule has 2 unspecified atom stereocenters. The number of ether oxygens (including phenoxy) is 1. The first-order chi connectivity index (χ1) is 6.27. The van der Waals surface area contributed by atoms with Crippen LogP contribution in [0.3, 0.4) is 0 Å². The molecule has 78 valence electrons. The molecule has 13 heavy (non-hydrogen) atoms. The molecule has 0 bridgehead atoms. The maximum Gasteiger partial charge on any atom is 0.0827 e. The van der Waals surface area contributed by atoms with Gasteiger partial charge in [0, 0.05) is 7.11 Å². The molecule has 2 atom stereocenters. The summed E-state index contributed by atoms with van der Waals surface area (Å²) in [6.07, 6.45) is 6.94. The van der Waals surface area contributed by atoms with E-state index in [0.29, 0.717) is 0 Å². The van der Waals surface area contributed by atoms with E-state index >= 15 is 0 Å². The van der Waals surface area contributed by atoms with Crippen LogP contribution in [0.2, 0.25) is 0 Å². The standard InChI is InChI=1S/C11H22O2/c1-3-11(13-2)10(12)8-9-6-4-5-7-9/h9-12H,3-8H2,1-2H3. The smallest absolute Gasteiger partial charge is 0.0827 e. The van der Waals surface area contributed by atoms with Gasteiger partial charge < -0.3 is 9.84 Å². The zero-order valence-electron chi connectivity index (χ0n) is 8.83. The van der Waals surface area contributed by atoms with Gasteiger partial charge >= 0.3 is 0 Å². The summed E-state index contributed by atoms with van der Waals surface area (Å²) < 4.78 is 5.22. The van der Waals surface area contributed by atoms with Crippen LogP contribution in [0, 0.1) is 5.92 Å². The van der Waals surface area contributed by atoms with E-state index in [1.165, 1.54) is 25.7 Å². The molecule has 1 saturated carbocycles. The van der Waals surface area contributed by atoms with Crippen molar-refractivity contribution in [1.82, 2.24) is 0 Å². The number of methoxy groups -OCH3 is 1. The summed E-state index contributed by atoms with van der Waals surface area (Å²) in [6.45, 7) is 2.06. The maximum absolute atomic E-state index is 9.84. The van der Waals surface area contributed by atoms with Crippen LogP contribution in [-0.2, 0) is 4.74 Å². The van der Waals surface area contributed by atoms with Gasteiger partial charge in [-0.2, -0.15) is 0 Å². The SMILES string of the molecule is CCC(OC)C(O)CC1CCCC1. The second-order valence-electron chi connectivity index (χ2n) is 4.14. The van der Waals surface area contributed by atoms with Crippen molar-refractivity contribution in [2.45, 2.75) is 57.7 Å². The number of hydrogen-bond donors (Lipinski definition) is 1. The summed E-state index contributed by atoms with van der Waals surface area (Å²) in [5, 5.41) is 9.84. The Kier molecular flexibility index (Phi) is 4.74. The first-order valence-electron chi connectivity index (χ1n) is 5.48. The van der Waals surface area contributed by atoms with Crippen molar-refractivity contribution in [2.75, 3.05) is 7.11 Å². The molecule has 0 aromatic rings. The van der Waals surface area contributed by atoms with Gasteiger partial charge in [-0.15, -0.1) is 0 Å². The molecule has 2 heteroatoms. The Labute approximate surface area is 81.3 Å². The summed E-state index contributed by atoms with van der Waals surface area (Å²) in [5.41, 5.74) is 0. The fourth-order valence-corrected chi connectivity index (χ4v) is 2.34. The molecule has 0 radical (unpaired) electrons. The van der Waals surface area contributed by atoms with Crippen LogP contribution in [0.15, 0.2) is 0 Å². The molecule has 0 aliphatic heterocycles. The van der Waals surface area contributed by atoms with Crippen molar-refractivity contribution in [3.8, 4) is 0 Å². The molecule has 0 saturated heterocycles. The maximum atomic E-state index is 9.84. The molecule has 1 aliphatic rings. The number of aliphatic hydroxyl groups excluding tert-OH is 1. The highest BCUT2D eigenvalue weighted by atomic mass is 16.5. The predicted octanol–water partition coefficient (Wildman–Crippen LogP) is 2.35. The van der Waals surface area contributed by atoms with Crippen molar-refractivity contribution < 1.29 is 9.84 Å². The van der Waals surface area contributed by atoms with Gasteiger partial charge in [0.15, 0.2) is 0 Å². The lowest BCUT2D eigenvalue weighted by molar-refractivity contribution is -0.0241. The second-order valence-corrected chi connectivity index (χ2v) is 4.14. The van der Waals surface area contributed by atoms with E-state index in [2.05, 4.69) is 6.92 Å². The molecule has 1 aliphatic carbocycles. The van der Waals surface area contributed by atoms with Crippen LogP contribution in [-0.4, -0.2) is 24.4 Å². The second kappa shape index (κ2) is 5.61. The van der Waals surface area contributed by atoms with E-state index in [4.69, 9.17) is 4.74 Å². The van der Waals surface area contributed by atoms with E-state index in [1.807, 2.05) is 0 Å². The van der Waals surface area contributed by atoms with E-state index in [1.54, 1.807) is 7.11 Å². The van der Waals surface area contributed by atoms with Crippen molar-refractivity contribution in [1.29, 1.82) is 0 Å². The monoisotopic (exact) mass is 186 g/mol. The quantitative estimate of drug-likeness (QED) is 0.714. The molecular weight excluding hydrogens is 164 g/mol. The van der Waals surface area contributed by atoms with Gasteiger partial charge in [0.1, 0.15) is 0 Å². The van der Waals surface area contributed by atoms with Crippen molar-refractivity contribution in [2.24, 2.45) is 5.92 Å². The van der Waals surface area contributed by atoms with Crippen LogP contribution in [0.1, 0.15) is 45.4 Å². The molecule has 1 rings (SSSR count). The fraction of sp³-hybridized carbons (Fsp3) is 1.00. The summed E-state index contributed by atoms with van der Waals surface area (Å²) in [4.78, 5) is 0.